The number of rotatable bonds is 3. The van der Waals surface area contributed by atoms with Gasteiger partial charge in [-0.05, 0) is 23.6 Å². The van der Waals surface area contributed by atoms with Crippen molar-refractivity contribution in [3.05, 3.63) is 45.9 Å². The van der Waals surface area contributed by atoms with Gasteiger partial charge in [0.2, 0.25) is 0 Å². The first-order chi connectivity index (χ1) is 7.29. The molecule has 2 rings (SSSR count). The Balaban J connectivity index is 2.22. The van der Waals surface area contributed by atoms with Gasteiger partial charge in [-0.3, -0.25) is 4.98 Å². The van der Waals surface area contributed by atoms with E-state index in [-0.39, 0.29) is 0 Å². The lowest BCUT2D eigenvalue weighted by Crippen LogP contribution is -1.96. The molecule has 1 heterocycles. The number of hydrogen-bond donors (Lipinski definition) is 1. The average Bonchev–Trinajstić information content (AvgIpc) is 2.74. The van der Waals surface area contributed by atoms with Gasteiger partial charge in [0.1, 0.15) is 0 Å². The highest BCUT2D eigenvalue weighted by molar-refractivity contribution is 7.09. The molecule has 0 aliphatic rings. The largest absolute Gasteiger partial charge is 0.398 e. The lowest BCUT2D eigenvalue weighted by atomic mass is 10.0. The number of thiazole rings is 1. The number of hydrogen-bond acceptors (Lipinski definition) is 3. The maximum atomic E-state index is 6.00. The van der Waals surface area contributed by atoms with Crippen LogP contribution in [0.4, 0.5) is 5.69 Å². The minimum absolute atomic E-state index is 0.889. The summed E-state index contributed by atoms with van der Waals surface area (Å²) < 4.78 is 0. The van der Waals surface area contributed by atoms with Crippen LogP contribution < -0.4 is 5.73 Å². The van der Waals surface area contributed by atoms with Gasteiger partial charge in [0.25, 0.3) is 0 Å². The van der Waals surface area contributed by atoms with Crippen LogP contribution in [0.2, 0.25) is 0 Å². The number of benzene rings is 1. The maximum absolute atomic E-state index is 6.00. The molecule has 0 bridgehead atoms. The minimum atomic E-state index is 0.889. The molecule has 0 amide bonds. The highest BCUT2D eigenvalue weighted by Crippen LogP contribution is 2.20. The summed E-state index contributed by atoms with van der Waals surface area (Å²) >= 11 is 1.67. The van der Waals surface area contributed by atoms with Crippen LogP contribution in [0.15, 0.2) is 29.9 Å². The van der Waals surface area contributed by atoms with E-state index in [0.29, 0.717) is 0 Å². The first kappa shape index (κ1) is 10.2. The van der Waals surface area contributed by atoms with Crippen LogP contribution in [-0.2, 0) is 12.8 Å². The van der Waals surface area contributed by atoms with Crippen LogP contribution in [0, 0.1) is 0 Å². The fraction of sp³-hybridized carbons (Fsp3) is 0.250. The lowest BCUT2D eigenvalue weighted by Gasteiger charge is -2.05. The Hall–Kier alpha value is -1.35. The lowest BCUT2D eigenvalue weighted by molar-refractivity contribution is 1.13. The average molecular weight is 218 g/mol. The molecular formula is C12H14N2S. The van der Waals surface area contributed by atoms with Crippen molar-refractivity contribution in [2.45, 2.75) is 19.8 Å². The normalized spacial score (nSPS) is 10.5. The highest BCUT2D eigenvalue weighted by atomic mass is 32.1. The Morgan fingerprint density at radius 2 is 2.27 bits per heavy atom. The molecule has 2 nitrogen and oxygen atoms in total. The zero-order chi connectivity index (χ0) is 10.7. The number of aryl methyl sites for hydroxylation is 1. The van der Waals surface area contributed by atoms with Crippen molar-refractivity contribution in [1.29, 1.82) is 0 Å². The third-order valence-corrected chi connectivity index (χ3v) is 3.25. The van der Waals surface area contributed by atoms with E-state index in [4.69, 9.17) is 5.73 Å². The van der Waals surface area contributed by atoms with Crippen molar-refractivity contribution in [2.24, 2.45) is 0 Å². The molecular weight excluding hydrogens is 204 g/mol. The van der Waals surface area contributed by atoms with E-state index in [1.807, 2.05) is 11.7 Å². The number of nitrogen functional groups attached to an aromatic ring is 1. The fourth-order valence-electron chi connectivity index (χ4n) is 1.54. The van der Waals surface area contributed by atoms with Gasteiger partial charge >= 0.3 is 0 Å². The van der Waals surface area contributed by atoms with Crippen molar-refractivity contribution < 1.29 is 0 Å². The van der Waals surface area contributed by atoms with Gasteiger partial charge in [0, 0.05) is 23.2 Å². The molecule has 0 saturated carbocycles. The summed E-state index contributed by atoms with van der Waals surface area (Å²) in [4.78, 5) is 5.31. The molecule has 0 aliphatic carbocycles. The van der Waals surface area contributed by atoms with Crippen molar-refractivity contribution in [2.75, 3.05) is 5.73 Å². The SMILES string of the molecule is CCc1ccc(Cc2cncs2)c(N)c1. The van der Waals surface area contributed by atoms with Crippen molar-refractivity contribution >= 4 is 17.0 Å². The van der Waals surface area contributed by atoms with Crippen LogP contribution in [0.1, 0.15) is 22.9 Å². The van der Waals surface area contributed by atoms with Gasteiger partial charge in [-0.15, -0.1) is 11.3 Å². The molecule has 2 aromatic rings. The third kappa shape index (κ3) is 2.36. The Kier molecular flexibility index (Phi) is 3.02. The van der Waals surface area contributed by atoms with Crippen molar-refractivity contribution in [3.63, 3.8) is 0 Å². The van der Waals surface area contributed by atoms with Crippen LogP contribution in [0.25, 0.3) is 0 Å². The Bertz CT molecular complexity index is 435. The highest BCUT2D eigenvalue weighted by Gasteiger charge is 2.02. The first-order valence-corrected chi connectivity index (χ1v) is 5.92. The van der Waals surface area contributed by atoms with Crippen molar-refractivity contribution in [1.82, 2.24) is 4.98 Å². The predicted octanol–water partition coefficient (Wildman–Crippen LogP) is 2.88. The third-order valence-electron chi connectivity index (χ3n) is 2.47. The number of anilines is 1. The second-order valence-corrected chi connectivity index (χ2v) is 4.50. The second kappa shape index (κ2) is 4.45. The summed E-state index contributed by atoms with van der Waals surface area (Å²) in [5, 5.41) is 0. The molecule has 0 fully saturated rings. The summed E-state index contributed by atoms with van der Waals surface area (Å²) in [6.07, 6.45) is 3.82. The van der Waals surface area contributed by atoms with E-state index in [1.165, 1.54) is 16.0 Å². The zero-order valence-electron chi connectivity index (χ0n) is 8.73. The van der Waals surface area contributed by atoms with E-state index in [9.17, 15) is 0 Å². The van der Waals surface area contributed by atoms with E-state index < -0.39 is 0 Å². The molecule has 15 heavy (non-hydrogen) atoms. The van der Waals surface area contributed by atoms with Crippen molar-refractivity contribution in [3.8, 4) is 0 Å². The Morgan fingerprint density at radius 3 is 2.87 bits per heavy atom. The van der Waals surface area contributed by atoms with Crippen LogP contribution in [0.3, 0.4) is 0 Å². The monoisotopic (exact) mass is 218 g/mol. The fourth-order valence-corrected chi connectivity index (χ4v) is 2.16. The maximum Gasteiger partial charge on any atom is 0.0794 e. The van der Waals surface area contributed by atoms with Gasteiger partial charge in [0.15, 0.2) is 0 Å². The number of aromatic nitrogens is 1. The van der Waals surface area contributed by atoms with Crippen LogP contribution in [-0.4, -0.2) is 4.98 Å². The molecule has 0 atom stereocenters. The molecule has 0 radical (unpaired) electrons. The Labute approximate surface area is 93.8 Å². The predicted molar refractivity (Wildman–Crippen MR) is 65.2 cm³/mol. The second-order valence-electron chi connectivity index (χ2n) is 3.53. The molecule has 1 aromatic carbocycles. The molecule has 78 valence electrons. The van der Waals surface area contributed by atoms with E-state index >= 15 is 0 Å². The topological polar surface area (TPSA) is 38.9 Å². The molecule has 0 aliphatic heterocycles. The molecule has 0 unspecified atom stereocenters. The first-order valence-electron chi connectivity index (χ1n) is 5.04. The summed E-state index contributed by atoms with van der Waals surface area (Å²) in [6, 6.07) is 6.33. The van der Waals surface area contributed by atoms with Gasteiger partial charge in [-0.2, -0.15) is 0 Å². The standard InChI is InChI=1S/C12H14N2S/c1-2-9-3-4-10(12(13)5-9)6-11-7-14-8-15-11/h3-5,7-8H,2,6,13H2,1H3. The van der Waals surface area contributed by atoms with E-state index in [0.717, 1.165) is 18.5 Å². The molecule has 1 aromatic heterocycles. The summed E-state index contributed by atoms with van der Waals surface area (Å²) in [7, 11) is 0. The van der Waals surface area contributed by atoms with Gasteiger partial charge in [-0.25, -0.2) is 0 Å². The number of nitrogens with zero attached hydrogens (tertiary/aromatic N) is 1. The van der Waals surface area contributed by atoms with Crippen LogP contribution >= 0.6 is 11.3 Å². The van der Waals surface area contributed by atoms with Gasteiger partial charge in [-0.1, -0.05) is 19.1 Å². The summed E-state index contributed by atoms with van der Waals surface area (Å²) in [6.45, 7) is 2.14. The summed E-state index contributed by atoms with van der Waals surface area (Å²) in [5.41, 5.74) is 11.2. The smallest absolute Gasteiger partial charge is 0.0794 e. The minimum Gasteiger partial charge on any atom is -0.398 e. The van der Waals surface area contributed by atoms with Gasteiger partial charge in [0.05, 0.1) is 5.51 Å². The quantitative estimate of drug-likeness (QED) is 0.804. The van der Waals surface area contributed by atoms with Crippen LogP contribution in [0.5, 0.6) is 0 Å². The zero-order valence-corrected chi connectivity index (χ0v) is 9.55. The summed E-state index contributed by atoms with van der Waals surface area (Å²) in [5.74, 6) is 0. The molecule has 0 saturated heterocycles. The molecule has 0 spiro atoms. The van der Waals surface area contributed by atoms with E-state index in [2.05, 4.69) is 30.1 Å². The van der Waals surface area contributed by atoms with E-state index in [1.54, 1.807) is 11.3 Å². The Morgan fingerprint density at radius 1 is 1.40 bits per heavy atom. The molecule has 2 N–H and O–H groups in total. The number of nitrogens with two attached hydrogens (primary N) is 1. The molecule has 3 heteroatoms. The van der Waals surface area contributed by atoms with Gasteiger partial charge < -0.3 is 5.73 Å².